The predicted molar refractivity (Wildman–Crippen MR) is 113 cm³/mol. The summed E-state index contributed by atoms with van der Waals surface area (Å²) in [6.45, 7) is -0.517. The molecule has 3 aromatic rings. The molecule has 1 fully saturated rings. The van der Waals surface area contributed by atoms with Crippen LogP contribution in [0.3, 0.4) is 0 Å². The second-order valence-electron chi connectivity index (χ2n) is 8.36. The SMILES string of the molecule is CCS(=O)(=O)c1cc(C2(C#N)CC2)cnc1-c1cc2c(cn1)n(CC(F)(F)C(F)(F)F)c(=O)n2C. The molecule has 3 aromatic heterocycles. The molecule has 14 heteroatoms. The van der Waals surface area contributed by atoms with E-state index in [0.29, 0.717) is 18.4 Å². The average Bonchev–Trinajstić information content (AvgIpc) is 3.57. The van der Waals surface area contributed by atoms with Crippen molar-refractivity contribution in [3.63, 3.8) is 0 Å². The largest absolute Gasteiger partial charge is 0.455 e. The van der Waals surface area contributed by atoms with Gasteiger partial charge in [0.2, 0.25) is 0 Å². The van der Waals surface area contributed by atoms with Gasteiger partial charge < -0.3 is 0 Å². The smallest absolute Gasteiger partial charge is 0.295 e. The molecule has 0 unspecified atom stereocenters. The number of alkyl halides is 5. The molecule has 0 amide bonds. The monoisotopic (exact) mass is 515 g/mol. The molecule has 1 aliphatic carbocycles. The van der Waals surface area contributed by atoms with Gasteiger partial charge in [-0.2, -0.15) is 27.2 Å². The van der Waals surface area contributed by atoms with Gasteiger partial charge in [0, 0.05) is 13.2 Å². The maximum absolute atomic E-state index is 13.7. The van der Waals surface area contributed by atoms with E-state index in [1.807, 2.05) is 0 Å². The van der Waals surface area contributed by atoms with Gasteiger partial charge in [-0.1, -0.05) is 6.92 Å². The first-order chi connectivity index (χ1) is 16.2. The second kappa shape index (κ2) is 7.84. The minimum Gasteiger partial charge on any atom is -0.295 e. The summed E-state index contributed by atoms with van der Waals surface area (Å²) < 4.78 is 92.2. The third kappa shape index (κ3) is 3.97. The number of nitrogens with zero attached hydrogens (tertiary/aromatic N) is 5. The second-order valence-corrected chi connectivity index (χ2v) is 10.6. The molecule has 0 atom stereocenters. The van der Waals surface area contributed by atoms with Gasteiger partial charge in [0.25, 0.3) is 0 Å². The van der Waals surface area contributed by atoms with Gasteiger partial charge in [0.05, 0.1) is 45.1 Å². The standard InChI is InChI=1S/C21H18F5N5O3S/c1-3-35(33,34)16-6-12(19(10-27)4-5-19)8-29-17(16)13-7-14-15(9-28-13)31(18(32)30(14)2)11-20(22,23)21(24,25)26/h6-9H,3-5,11H2,1-2H3. The fourth-order valence-corrected chi connectivity index (χ4v) is 4.82. The molecule has 0 N–H and O–H groups in total. The van der Waals surface area contributed by atoms with Crippen LogP contribution in [0.5, 0.6) is 0 Å². The van der Waals surface area contributed by atoms with E-state index in [4.69, 9.17) is 0 Å². The van der Waals surface area contributed by atoms with E-state index >= 15 is 0 Å². The van der Waals surface area contributed by atoms with Gasteiger partial charge in [0.15, 0.2) is 9.84 Å². The van der Waals surface area contributed by atoms with E-state index in [-0.39, 0.29) is 37.6 Å². The van der Waals surface area contributed by atoms with Crippen molar-refractivity contribution in [2.24, 2.45) is 7.05 Å². The first kappa shape index (κ1) is 24.8. The lowest BCUT2D eigenvalue weighted by molar-refractivity contribution is -0.286. The maximum Gasteiger partial charge on any atom is 0.455 e. The fourth-order valence-electron chi connectivity index (χ4n) is 3.75. The molecule has 8 nitrogen and oxygen atoms in total. The molecule has 1 aliphatic rings. The number of halogens is 5. The number of aromatic nitrogens is 4. The lowest BCUT2D eigenvalue weighted by atomic mass is 9.99. The number of hydrogen-bond donors (Lipinski definition) is 0. The van der Waals surface area contributed by atoms with Crippen molar-refractivity contribution in [3.05, 3.63) is 40.6 Å². The van der Waals surface area contributed by atoms with Crippen molar-refractivity contribution >= 4 is 20.9 Å². The average molecular weight is 515 g/mol. The molecule has 4 rings (SSSR count). The van der Waals surface area contributed by atoms with Crippen LogP contribution in [0.15, 0.2) is 34.2 Å². The first-order valence-electron chi connectivity index (χ1n) is 10.3. The quantitative estimate of drug-likeness (QED) is 0.466. The van der Waals surface area contributed by atoms with Crippen LogP contribution in [0.25, 0.3) is 22.4 Å². The molecule has 0 radical (unpaired) electrons. The zero-order valence-electron chi connectivity index (χ0n) is 18.4. The van der Waals surface area contributed by atoms with Crippen LogP contribution in [0.4, 0.5) is 22.0 Å². The highest BCUT2D eigenvalue weighted by Gasteiger charge is 2.58. The Hall–Kier alpha value is -3.34. The zero-order valence-corrected chi connectivity index (χ0v) is 19.2. The molecule has 186 valence electrons. The minimum absolute atomic E-state index is 0.0341. The van der Waals surface area contributed by atoms with Crippen molar-refractivity contribution < 1.29 is 30.4 Å². The fraction of sp³-hybridized carbons (Fsp3) is 0.429. The predicted octanol–water partition coefficient (Wildman–Crippen LogP) is 3.34. The number of rotatable bonds is 6. The summed E-state index contributed by atoms with van der Waals surface area (Å²) in [4.78, 5) is 20.5. The van der Waals surface area contributed by atoms with Crippen LogP contribution in [-0.2, 0) is 28.8 Å². The van der Waals surface area contributed by atoms with E-state index < -0.39 is 39.6 Å². The van der Waals surface area contributed by atoms with E-state index in [0.717, 1.165) is 10.8 Å². The molecule has 3 heterocycles. The number of imidazole rings is 1. The Balaban J connectivity index is 1.89. The number of fused-ring (bicyclic) bond motifs is 1. The number of hydrogen-bond acceptors (Lipinski definition) is 6. The highest BCUT2D eigenvalue weighted by atomic mass is 32.2. The van der Waals surface area contributed by atoms with Gasteiger partial charge in [-0.05, 0) is 30.5 Å². The van der Waals surface area contributed by atoms with Crippen molar-refractivity contribution in [3.8, 4) is 17.5 Å². The maximum atomic E-state index is 13.7. The Kier molecular flexibility index (Phi) is 5.55. The molecule has 0 aromatic carbocycles. The Morgan fingerprint density at radius 1 is 1.11 bits per heavy atom. The van der Waals surface area contributed by atoms with Crippen LogP contribution in [0.1, 0.15) is 25.3 Å². The van der Waals surface area contributed by atoms with Crippen molar-refractivity contribution in [2.45, 2.75) is 48.7 Å². The summed E-state index contributed by atoms with van der Waals surface area (Å²) >= 11 is 0. The van der Waals surface area contributed by atoms with Gasteiger partial charge >= 0.3 is 17.8 Å². The van der Waals surface area contributed by atoms with Crippen molar-refractivity contribution in [2.75, 3.05) is 5.75 Å². The molecule has 0 aliphatic heterocycles. The van der Waals surface area contributed by atoms with Crippen LogP contribution in [0, 0.1) is 11.3 Å². The van der Waals surface area contributed by atoms with Crippen LogP contribution >= 0.6 is 0 Å². The highest BCUT2D eigenvalue weighted by molar-refractivity contribution is 7.91. The summed E-state index contributed by atoms with van der Waals surface area (Å²) in [6.07, 6.45) is -2.47. The summed E-state index contributed by atoms with van der Waals surface area (Å²) in [5.41, 5.74) is -1.96. The third-order valence-corrected chi connectivity index (χ3v) is 7.87. The molecule has 0 spiro atoms. The highest BCUT2D eigenvalue weighted by Crippen LogP contribution is 2.48. The van der Waals surface area contributed by atoms with E-state index in [1.54, 1.807) is 0 Å². The third-order valence-electron chi connectivity index (χ3n) is 6.13. The Morgan fingerprint density at radius 2 is 1.77 bits per heavy atom. The summed E-state index contributed by atoms with van der Waals surface area (Å²) in [5.74, 6) is -5.45. The lowest BCUT2D eigenvalue weighted by Gasteiger charge is -2.19. The van der Waals surface area contributed by atoms with Crippen LogP contribution in [0.2, 0.25) is 0 Å². The summed E-state index contributed by atoms with van der Waals surface area (Å²) in [7, 11) is -2.68. The molecule has 35 heavy (non-hydrogen) atoms. The van der Waals surface area contributed by atoms with Crippen LogP contribution < -0.4 is 5.69 Å². The van der Waals surface area contributed by atoms with E-state index in [2.05, 4.69) is 16.0 Å². The first-order valence-corrected chi connectivity index (χ1v) is 12.0. The topological polar surface area (TPSA) is 111 Å². The Labute approximate surface area is 195 Å². The Morgan fingerprint density at radius 3 is 2.31 bits per heavy atom. The van der Waals surface area contributed by atoms with Crippen molar-refractivity contribution in [1.82, 2.24) is 19.1 Å². The van der Waals surface area contributed by atoms with E-state index in [1.165, 1.54) is 32.3 Å². The summed E-state index contributed by atoms with van der Waals surface area (Å²) in [6, 6.07) is 4.72. The zero-order chi connectivity index (χ0) is 26.0. The molecule has 1 saturated carbocycles. The van der Waals surface area contributed by atoms with Gasteiger partial charge in [-0.25, -0.2) is 13.2 Å². The molecular formula is C21H18F5N5O3S. The molecule has 0 saturated heterocycles. The minimum atomic E-state index is -5.86. The number of aryl methyl sites for hydroxylation is 1. The number of pyridine rings is 2. The summed E-state index contributed by atoms with van der Waals surface area (Å²) in [5, 5.41) is 9.46. The van der Waals surface area contributed by atoms with Gasteiger partial charge in [-0.15, -0.1) is 0 Å². The molecular weight excluding hydrogens is 497 g/mol. The van der Waals surface area contributed by atoms with E-state index in [9.17, 15) is 40.4 Å². The van der Waals surface area contributed by atoms with Gasteiger partial charge in [0.1, 0.15) is 12.2 Å². The normalized spacial score (nSPS) is 15.8. The van der Waals surface area contributed by atoms with Gasteiger partial charge in [-0.3, -0.25) is 19.1 Å². The Bertz CT molecular complexity index is 1550. The lowest BCUT2D eigenvalue weighted by Crippen LogP contribution is -2.42. The number of nitriles is 1. The van der Waals surface area contributed by atoms with Crippen molar-refractivity contribution in [1.29, 1.82) is 5.26 Å². The molecule has 0 bridgehead atoms. The van der Waals surface area contributed by atoms with Crippen LogP contribution in [-0.4, -0.2) is 45.4 Å². The number of sulfone groups is 1.